The zero-order chi connectivity index (χ0) is 17.4. The van der Waals surface area contributed by atoms with Gasteiger partial charge >= 0.3 is 0 Å². The van der Waals surface area contributed by atoms with Gasteiger partial charge in [0.25, 0.3) is 0 Å². The van der Waals surface area contributed by atoms with Gasteiger partial charge < -0.3 is 5.32 Å². The molecule has 5 nitrogen and oxygen atoms in total. The summed E-state index contributed by atoms with van der Waals surface area (Å²) in [5.74, 6) is -0.502. The van der Waals surface area contributed by atoms with Gasteiger partial charge in [0.15, 0.2) is 0 Å². The Labute approximate surface area is 142 Å². The van der Waals surface area contributed by atoms with Crippen LogP contribution in [0.15, 0.2) is 66.7 Å². The highest BCUT2D eigenvalue weighted by Gasteiger charge is 2.10. The highest BCUT2D eigenvalue weighted by Crippen LogP contribution is 2.12. The number of para-hydroxylation sites is 1. The van der Waals surface area contributed by atoms with Crippen LogP contribution < -0.4 is 10.0 Å². The largest absolute Gasteiger partial charge is 0.351 e. The van der Waals surface area contributed by atoms with E-state index in [-0.39, 0.29) is 18.2 Å². The number of anilines is 1. The Morgan fingerprint density at radius 2 is 1.58 bits per heavy atom. The molecule has 2 N–H and O–H groups in total. The second-order valence-corrected chi connectivity index (χ2v) is 7.11. The van der Waals surface area contributed by atoms with E-state index in [2.05, 4.69) is 10.0 Å². The van der Waals surface area contributed by atoms with Crippen molar-refractivity contribution in [1.82, 2.24) is 5.32 Å². The molecule has 0 unspecified atom stereocenters. The minimum atomic E-state index is -3.50. The minimum absolute atomic E-state index is 0.0412. The fourth-order valence-electron chi connectivity index (χ4n) is 2.08. The molecule has 2 aromatic carbocycles. The molecule has 1 amide bonds. The van der Waals surface area contributed by atoms with Gasteiger partial charge in [-0.2, -0.15) is 0 Å². The first-order valence-corrected chi connectivity index (χ1v) is 9.18. The zero-order valence-corrected chi connectivity index (χ0v) is 14.2. The smallest absolute Gasteiger partial charge is 0.244 e. The monoisotopic (exact) mass is 344 g/mol. The van der Waals surface area contributed by atoms with Crippen molar-refractivity contribution in [2.24, 2.45) is 0 Å². The maximum atomic E-state index is 11.9. The molecule has 2 rings (SSSR count). The van der Waals surface area contributed by atoms with E-state index in [1.54, 1.807) is 30.3 Å². The highest BCUT2D eigenvalue weighted by atomic mass is 32.2. The molecule has 0 fully saturated rings. The summed E-state index contributed by atoms with van der Waals surface area (Å²) < 4.78 is 26.4. The van der Waals surface area contributed by atoms with Crippen LogP contribution in [0.2, 0.25) is 0 Å². The summed E-state index contributed by atoms with van der Waals surface area (Å²) in [5.41, 5.74) is 2.27. The van der Waals surface area contributed by atoms with Gasteiger partial charge in [-0.3, -0.25) is 9.52 Å². The predicted octanol–water partition coefficient (Wildman–Crippen LogP) is 2.65. The number of hydrogen-bond donors (Lipinski definition) is 2. The maximum Gasteiger partial charge on any atom is 0.244 e. The second kappa shape index (κ2) is 8.31. The van der Waals surface area contributed by atoms with Crippen molar-refractivity contribution < 1.29 is 13.2 Å². The maximum absolute atomic E-state index is 11.9. The molecule has 6 heteroatoms. The number of benzene rings is 2. The average Bonchev–Trinajstić information content (AvgIpc) is 2.56. The van der Waals surface area contributed by atoms with Crippen LogP contribution in [0.25, 0.3) is 5.57 Å². The lowest BCUT2D eigenvalue weighted by Crippen LogP contribution is -2.30. The van der Waals surface area contributed by atoms with Crippen LogP contribution in [0.3, 0.4) is 0 Å². The molecule has 0 bridgehead atoms. The topological polar surface area (TPSA) is 75.3 Å². The van der Waals surface area contributed by atoms with Crippen molar-refractivity contribution in [3.05, 3.63) is 72.3 Å². The molecule has 0 spiro atoms. The van der Waals surface area contributed by atoms with Crippen LogP contribution in [-0.2, 0) is 14.8 Å². The quantitative estimate of drug-likeness (QED) is 0.758. The predicted molar refractivity (Wildman–Crippen MR) is 97.0 cm³/mol. The van der Waals surface area contributed by atoms with Gasteiger partial charge in [-0.05, 0) is 30.2 Å². The van der Waals surface area contributed by atoms with E-state index < -0.39 is 10.0 Å². The molecule has 0 saturated heterocycles. The van der Waals surface area contributed by atoms with Gasteiger partial charge in [-0.1, -0.05) is 48.5 Å². The summed E-state index contributed by atoms with van der Waals surface area (Å²) in [6, 6.07) is 18.2. The molecule has 0 radical (unpaired) electrons. The third-order valence-corrected chi connectivity index (χ3v) is 4.58. The Balaban J connectivity index is 1.84. The Morgan fingerprint density at radius 3 is 2.21 bits per heavy atom. The normalized spacial score (nSPS) is 11.8. The van der Waals surface area contributed by atoms with Crippen LogP contribution >= 0.6 is 0 Å². The number of sulfonamides is 1. The summed E-state index contributed by atoms with van der Waals surface area (Å²) in [6.07, 6.45) is 1.46. The van der Waals surface area contributed by atoms with Gasteiger partial charge in [0.05, 0.1) is 5.75 Å². The minimum Gasteiger partial charge on any atom is -0.351 e. The fourth-order valence-corrected chi connectivity index (χ4v) is 3.05. The lowest BCUT2D eigenvalue weighted by Gasteiger charge is -2.08. The van der Waals surface area contributed by atoms with E-state index in [0.717, 1.165) is 11.1 Å². The summed E-state index contributed by atoms with van der Waals surface area (Å²) in [5, 5.41) is 2.59. The van der Waals surface area contributed by atoms with Gasteiger partial charge in [0.1, 0.15) is 0 Å². The van der Waals surface area contributed by atoms with Crippen molar-refractivity contribution in [2.75, 3.05) is 17.0 Å². The lowest BCUT2D eigenvalue weighted by atomic mass is 10.1. The number of amides is 1. The number of rotatable bonds is 7. The molecule has 0 atom stereocenters. The van der Waals surface area contributed by atoms with Crippen molar-refractivity contribution >= 4 is 27.2 Å². The molecule has 24 heavy (non-hydrogen) atoms. The van der Waals surface area contributed by atoms with E-state index in [9.17, 15) is 13.2 Å². The van der Waals surface area contributed by atoms with Crippen LogP contribution in [-0.4, -0.2) is 26.6 Å². The van der Waals surface area contributed by atoms with Crippen LogP contribution in [0.1, 0.15) is 12.5 Å². The average molecular weight is 344 g/mol. The van der Waals surface area contributed by atoms with Crippen molar-refractivity contribution in [2.45, 2.75) is 6.92 Å². The molecule has 2 aromatic rings. The summed E-state index contributed by atoms with van der Waals surface area (Å²) in [6.45, 7) is 1.88. The number of carbonyl (C=O) groups is 1. The Kier molecular flexibility index (Phi) is 6.14. The Bertz CT molecular complexity index is 801. The molecule has 0 aliphatic heterocycles. The van der Waals surface area contributed by atoms with Gasteiger partial charge in [-0.15, -0.1) is 0 Å². The first-order chi connectivity index (χ1) is 11.5. The molecule has 0 aliphatic rings. The third-order valence-electron chi connectivity index (χ3n) is 3.29. The van der Waals surface area contributed by atoms with Crippen LogP contribution in [0, 0.1) is 0 Å². The van der Waals surface area contributed by atoms with Gasteiger partial charge in [-0.25, -0.2) is 8.42 Å². The molecule has 0 heterocycles. The SMILES string of the molecule is C/C(=C\C(=O)NCCS(=O)(=O)Nc1ccccc1)c1ccccc1. The highest BCUT2D eigenvalue weighted by molar-refractivity contribution is 7.92. The summed E-state index contributed by atoms with van der Waals surface area (Å²) in [7, 11) is -3.50. The van der Waals surface area contributed by atoms with Gasteiger partial charge in [0, 0.05) is 18.3 Å². The first kappa shape index (κ1) is 17.7. The van der Waals surface area contributed by atoms with Crippen molar-refractivity contribution in [3.8, 4) is 0 Å². The summed E-state index contributed by atoms with van der Waals surface area (Å²) in [4.78, 5) is 11.9. The molecule has 0 saturated carbocycles. The van der Waals surface area contributed by atoms with E-state index in [4.69, 9.17) is 0 Å². The van der Waals surface area contributed by atoms with E-state index in [1.807, 2.05) is 37.3 Å². The van der Waals surface area contributed by atoms with Crippen molar-refractivity contribution in [3.63, 3.8) is 0 Å². The molecule has 126 valence electrons. The zero-order valence-electron chi connectivity index (χ0n) is 13.4. The number of hydrogen-bond acceptors (Lipinski definition) is 3. The van der Waals surface area contributed by atoms with Gasteiger partial charge in [0.2, 0.25) is 15.9 Å². The molecule has 0 aromatic heterocycles. The molecular formula is C18H20N2O3S. The van der Waals surface area contributed by atoms with E-state index in [1.165, 1.54) is 6.08 Å². The standard InChI is InChI=1S/C18H20N2O3S/c1-15(16-8-4-2-5-9-16)14-18(21)19-12-13-24(22,23)20-17-10-6-3-7-11-17/h2-11,14,20H,12-13H2,1H3,(H,19,21)/b15-14+. The number of carbonyl (C=O) groups excluding carboxylic acids is 1. The summed E-state index contributed by atoms with van der Waals surface area (Å²) >= 11 is 0. The van der Waals surface area contributed by atoms with Crippen LogP contribution in [0.5, 0.6) is 0 Å². The Hall–Kier alpha value is -2.60. The van der Waals surface area contributed by atoms with Crippen molar-refractivity contribution in [1.29, 1.82) is 0 Å². The van der Waals surface area contributed by atoms with E-state index in [0.29, 0.717) is 5.69 Å². The Morgan fingerprint density at radius 1 is 1.00 bits per heavy atom. The number of nitrogens with one attached hydrogen (secondary N) is 2. The van der Waals surface area contributed by atoms with Crippen LogP contribution in [0.4, 0.5) is 5.69 Å². The van der Waals surface area contributed by atoms with E-state index >= 15 is 0 Å². The molecule has 0 aliphatic carbocycles. The number of allylic oxidation sites excluding steroid dienone is 1. The lowest BCUT2D eigenvalue weighted by molar-refractivity contribution is -0.116. The third kappa shape index (κ3) is 5.89. The molecular weight excluding hydrogens is 324 g/mol. The first-order valence-electron chi connectivity index (χ1n) is 7.53. The second-order valence-electron chi connectivity index (χ2n) is 5.27. The fraction of sp³-hybridized carbons (Fsp3) is 0.167.